The zero-order valence-corrected chi connectivity index (χ0v) is 12.2. The summed E-state index contributed by atoms with van der Waals surface area (Å²) in [6, 6.07) is 4.79. The Kier molecular flexibility index (Phi) is 3.45. The van der Waals surface area contributed by atoms with E-state index in [1.807, 2.05) is 0 Å². The molecule has 1 fully saturated rings. The van der Waals surface area contributed by atoms with E-state index in [9.17, 15) is 13.5 Å². The van der Waals surface area contributed by atoms with Gasteiger partial charge in [0.1, 0.15) is 5.65 Å². The van der Waals surface area contributed by atoms with Crippen molar-refractivity contribution in [2.24, 2.45) is 0 Å². The van der Waals surface area contributed by atoms with Gasteiger partial charge >= 0.3 is 0 Å². The lowest BCUT2D eigenvalue weighted by Gasteiger charge is -2.22. The molecule has 1 unspecified atom stereocenters. The van der Waals surface area contributed by atoms with Crippen molar-refractivity contribution in [2.75, 3.05) is 13.2 Å². The average molecular weight is 316 g/mol. The second-order valence-electron chi connectivity index (χ2n) is 4.73. The summed E-state index contributed by atoms with van der Waals surface area (Å²) in [5, 5.41) is 9.24. The highest BCUT2D eigenvalue weighted by atomic mass is 35.5. The maximum Gasteiger partial charge on any atom is 0.262 e. The molecule has 3 heterocycles. The topological polar surface area (TPSA) is 74.9 Å². The van der Waals surface area contributed by atoms with Gasteiger partial charge in [0.15, 0.2) is 10.2 Å². The van der Waals surface area contributed by atoms with Crippen molar-refractivity contribution in [1.82, 2.24) is 13.7 Å². The molecule has 0 spiro atoms. The van der Waals surface area contributed by atoms with Crippen LogP contribution >= 0.6 is 11.6 Å². The molecule has 1 aliphatic rings. The van der Waals surface area contributed by atoms with Gasteiger partial charge in [-0.25, -0.2) is 13.4 Å². The number of hydrogen-bond acceptors (Lipinski definition) is 4. The normalized spacial score (nSPS) is 20.8. The molecule has 3 rings (SSSR count). The van der Waals surface area contributed by atoms with E-state index in [1.165, 1.54) is 8.71 Å². The average Bonchev–Trinajstić information content (AvgIpc) is 3.01. The van der Waals surface area contributed by atoms with E-state index < -0.39 is 10.0 Å². The van der Waals surface area contributed by atoms with Crippen LogP contribution in [-0.2, 0) is 10.0 Å². The number of pyridine rings is 1. The van der Waals surface area contributed by atoms with E-state index >= 15 is 0 Å². The number of imidazole rings is 1. The number of nitrogens with zero attached hydrogens (tertiary/aromatic N) is 3. The number of halogens is 1. The maximum atomic E-state index is 12.8. The van der Waals surface area contributed by atoms with Gasteiger partial charge in [0.05, 0.1) is 6.61 Å². The Balaban J connectivity index is 2.16. The number of rotatable bonds is 3. The molecule has 1 N–H and O–H groups in total. The molecule has 1 atom stereocenters. The minimum Gasteiger partial charge on any atom is -0.395 e. The second-order valence-corrected chi connectivity index (χ2v) is 6.89. The Bertz CT molecular complexity index is 743. The predicted octanol–water partition coefficient (Wildman–Crippen LogP) is 1.13. The smallest absolute Gasteiger partial charge is 0.262 e. The third-order valence-corrected chi connectivity index (χ3v) is 5.89. The van der Waals surface area contributed by atoms with Crippen LogP contribution in [0.25, 0.3) is 5.65 Å². The number of aromatic nitrogens is 2. The largest absolute Gasteiger partial charge is 0.395 e. The fraction of sp³-hybridized carbons (Fsp3) is 0.417. The van der Waals surface area contributed by atoms with Crippen LogP contribution in [0, 0.1) is 0 Å². The molecule has 0 saturated carbocycles. The second kappa shape index (κ2) is 5.00. The van der Waals surface area contributed by atoms with Crippen molar-refractivity contribution in [3.05, 3.63) is 29.5 Å². The van der Waals surface area contributed by atoms with Crippen LogP contribution in [0.3, 0.4) is 0 Å². The summed E-state index contributed by atoms with van der Waals surface area (Å²) >= 11 is 6.02. The van der Waals surface area contributed by atoms with Crippen molar-refractivity contribution in [3.8, 4) is 0 Å². The van der Waals surface area contributed by atoms with Gasteiger partial charge in [-0.15, -0.1) is 0 Å². The Morgan fingerprint density at radius 2 is 2.25 bits per heavy atom. The third kappa shape index (κ3) is 2.01. The molecular weight excluding hydrogens is 302 g/mol. The number of aliphatic hydroxyl groups is 1. The highest BCUT2D eigenvalue weighted by Crippen LogP contribution is 2.30. The summed E-state index contributed by atoms with van der Waals surface area (Å²) in [6.07, 6.45) is 3.01. The van der Waals surface area contributed by atoms with Crippen molar-refractivity contribution in [3.63, 3.8) is 0 Å². The minimum absolute atomic E-state index is 0.0323. The summed E-state index contributed by atoms with van der Waals surface area (Å²) < 4.78 is 28.3. The van der Waals surface area contributed by atoms with Crippen LogP contribution < -0.4 is 0 Å². The van der Waals surface area contributed by atoms with Gasteiger partial charge in [-0.3, -0.25) is 4.40 Å². The first-order valence-electron chi connectivity index (χ1n) is 6.31. The van der Waals surface area contributed by atoms with Crippen LogP contribution in [0.2, 0.25) is 5.15 Å². The van der Waals surface area contributed by atoms with E-state index in [0.29, 0.717) is 18.6 Å². The van der Waals surface area contributed by atoms with Crippen LogP contribution in [-0.4, -0.2) is 46.4 Å². The van der Waals surface area contributed by atoms with Gasteiger partial charge in [0.25, 0.3) is 10.0 Å². The quantitative estimate of drug-likeness (QED) is 0.921. The third-order valence-electron chi connectivity index (χ3n) is 3.53. The van der Waals surface area contributed by atoms with E-state index in [1.54, 1.807) is 24.4 Å². The van der Waals surface area contributed by atoms with Crippen molar-refractivity contribution in [1.29, 1.82) is 0 Å². The fourth-order valence-corrected chi connectivity index (χ4v) is 4.88. The van der Waals surface area contributed by atoms with Crippen LogP contribution in [0.5, 0.6) is 0 Å². The Labute approximate surface area is 121 Å². The monoisotopic (exact) mass is 315 g/mol. The number of hydrogen-bond donors (Lipinski definition) is 1. The molecule has 0 aliphatic carbocycles. The first kappa shape index (κ1) is 13.8. The number of sulfonamides is 1. The summed E-state index contributed by atoms with van der Waals surface area (Å²) in [6.45, 7) is 0.206. The standard InChI is InChI=1S/C12H14ClN3O3S/c13-11-12(15-6-2-1-5-10(15)14-11)20(18,19)16-7-3-4-9(16)8-17/h1-2,5-6,9,17H,3-4,7-8H2. The molecule has 6 nitrogen and oxygen atoms in total. The fourth-order valence-electron chi connectivity index (χ4n) is 2.59. The van der Waals surface area contributed by atoms with Gasteiger partial charge < -0.3 is 5.11 Å². The molecule has 0 amide bonds. The van der Waals surface area contributed by atoms with Crippen LogP contribution in [0.1, 0.15) is 12.8 Å². The molecule has 0 bridgehead atoms. The first-order valence-corrected chi connectivity index (χ1v) is 8.13. The van der Waals surface area contributed by atoms with E-state index in [-0.39, 0.29) is 22.8 Å². The summed E-state index contributed by atoms with van der Waals surface area (Å²) in [5.74, 6) is 0. The van der Waals surface area contributed by atoms with E-state index in [2.05, 4.69) is 4.98 Å². The Morgan fingerprint density at radius 1 is 1.45 bits per heavy atom. The van der Waals surface area contributed by atoms with Crippen molar-refractivity contribution >= 4 is 27.3 Å². The van der Waals surface area contributed by atoms with Crippen LogP contribution in [0.15, 0.2) is 29.4 Å². The minimum atomic E-state index is -3.77. The summed E-state index contributed by atoms with van der Waals surface area (Å²) in [4.78, 5) is 4.06. The Hall–Kier alpha value is -1.15. The predicted molar refractivity (Wildman–Crippen MR) is 74.2 cm³/mol. The van der Waals surface area contributed by atoms with E-state index in [0.717, 1.165) is 6.42 Å². The molecule has 0 aromatic carbocycles. The van der Waals surface area contributed by atoms with Crippen molar-refractivity contribution < 1.29 is 13.5 Å². The molecule has 2 aromatic heterocycles. The molecule has 108 valence electrons. The lowest BCUT2D eigenvalue weighted by Crippen LogP contribution is -2.38. The SMILES string of the molecule is O=S(=O)(c1c(Cl)nc2ccccn12)N1CCCC1CO. The van der Waals surface area contributed by atoms with E-state index in [4.69, 9.17) is 11.6 Å². The van der Waals surface area contributed by atoms with Gasteiger partial charge in [-0.05, 0) is 25.0 Å². The number of aliphatic hydroxyl groups excluding tert-OH is 1. The van der Waals surface area contributed by atoms with Gasteiger partial charge in [0.2, 0.25) is 0 Å². The van der Waals surface area contributed by atoms with Crippen LogP contribution in [0.4, 0.5) is 0 Å². The zero-order valence-electron chi connectivity index (χ0n) is 10.6. The molecule has 1 aliphatic heterocycles. The molecule has 0 radical (unpaired) electrons. The first-order chi connectivity index (χ1) is 9.55. The lowest BCUT2D eigenvalue weighted by atomic mass is 10.2. The van der Waals surface area contributed by atoms with Gasteiger partial charge in [0, 0.05) is 18.8 Å². The lowest BCUT2D eigenvalue weighted by molar-refractivity contribution is 0.213. The molecule has 1 saturated heterocycles. The summed E-state index contributed by atoms with van der Waals surface area (Å²) in [7, 11) is -3.77. The number of fused-ring (bicyclic) bond motifs is 1. The molecular formula is C12H14ClN3O3S. The summed E-state index contributed by atoms with van der Waals surface area (Å²) in [5.41, 5.74) is 0.482. The molecule has 20 heavy (non-hydrogen) atoms. The maximum absolute atomic E-state index is 12.8. The van der Waals surface area contributed by atoms with Gasteiger partial charge in [-0.2, -0.15) is 4.31 Å². The zero-order chi connectivity index (χ0) is 14.3. The highest BCUT2D eigenvalue weighted by molar-refractivity contribution is 7.89. The molecule has 8 heteroatoms. The van der Waals surface area contributed by atoms with Gasteiger partial charge in [-0.1, -0.05) is 17.7 Å². The Morgan fingerprint density at radius 3 is 3.00 bits per heavy atom. The molecule has 2 aromatic rings. The highest BCUT2D eigenvalue weighted by Gasteiger charge is 2.38. The van der Waals surface area contributed by atoms with Crippen molar-refractivity contribution in [2.45, 2.75) is 23.9 Å².